The minimum Gasteiger partial charge on any atom is -0.468 e. The number of para-hydroxylation sites is 1. The third kappa shape index (κ3) is 3.82. The quantitative estimate of drug-likeness (QED) is 0.598. The number of hydrogen-bond acceptors (Lipinski definition) is 7. The highest BCUT2D eigenvalue weighted by Crippen LogP contribution is 2.42. The van der Waals surface area contributed by atoms with Crippen LogP contribution in [0.5, 0.6) is 5.88 Å². The van der Waals surface area contributed by atoms with Crippen LogP contribution in [0, 0.1) is 6.92 Å². The van der Waals surface area contributed by atoms with Crippen molar-refractivity contribution in [1.29, 1.82) is 0 Å². The van der Waals surface area contributed by atoms with Gasteiger partial charge in [0.1, 0.15) is 11.5 Å². The zero-order valence-electron chi connectivity index (χ0n) is 18.0. The van der Waals surface area contributed by atoms with Crippen LogP contribution in [0.2, 0.25) is 0 Å². The van der Waals surface area contributed by atoms with Crippen molar-refractivity contribution in [1.82, 2.24) is 15.1 Å². The first kappa shape index (κ1) is 21.2. The van der Waals surface area contributed by atoms with Crippen molar-refractivity contribution in [3.8, 4) is 11.6 Å². The average molecular weight is 433 g/mol. The van der Waals surface area contributed by atoms with Gasteiger partial charge in [0.05, 0.1) is 31.2 Å². The van der Waals surface area contributed by atoms with Gasteiger partial charge in [-0.25, -0.2) is 9.48 Å². The highest BCUT2D eigenvalue weighted by atomic mass is 16.5. The smallest absolute Gasteiger partial charge is 0.340 e. The summed E-state index contributed by atoms with van der Waals surface area (Å²) in [6.07, 6.45) is 0. The van der Waals surface area contributed by atoms with Crippen molar-refractivity contribution in [2.24, 2.45) is 0 Å². The number of aryl methyl sites for hydroxylation is 1. The molecule has 8 nitrogen and oxygen atoms in total. The van der Waals surface area contributed by atoms with Gasteiger partial charge in [-0.15, -0.1) is 0 Å². The molecule has 0 bridgehead atoms. The van der Waals surface area contributed by atoms with E-state index in [9.17, 15) is 9.59 Å². The molecule has 0 amide bonds. The van der Waals surface area contributed by atoms with Crippen molar-refractivity contribution >= 4 is 11.9 Å². The fraction of sp³-hybridized carbons (Fsp3) is 0.208. The summed E-state index contributed by atoms with van der Waals surface area (Å²) in [5.74, 6) is -1.88. The van der Waals surface area contributed by atoms with Gasteiger partial charge in [0.15, 0.2) is 0 Å². The van der Waals surface area contributed by atoms with E-state index in [2.05, 4.69) is 10.4 Å². The normalized spacial score (nSPS) is 14.9. The number of nitrogens with one attached hydrogen (secondary N) is 1. The minimum atomic E-state index is -1.05. The Bertz CT molecular complexity index is 1170. The van der Waals surface area contributed by atoms with E-state index in [0.29, 0.717) is 23.7 Å². The highest BCUT2D eigenvalue weighted by Gasteiger charge is 2.44. The second-order valence-electron chi connectivity index (χ2n) is 7.18. The van der Waals surface area contributed by atoms with E-state index < -0.39 is 17.9 Å². The van der Waals surface area contributed by atoms with Crippen molar-refractivity contribution < 1.29 is 23.8 Å². The molecular formula is C24H23N3O5. The van der Waals surface area contributed by atoms with Crippen LogP contribution in [0.4, 0.5) is 0 Å². The van der Waals surface area contributed by atoms with Crippen LogP contribution in [0.1, 0.15) is 22.7 Å². The van der Waals surface area contributed by atoms with E-state index >= 15 is 0 Å². The SMILES string of the molecule is COC(=O)C1=C(NCc2ccccc2)Oc2c(c(C)nn2-c2ccccc2)C1C(=O)OC. The molecule has 0 saturated carbocycles. The predicted octanol–water partition coefficient (Wildman–Crippen LogP) is 3.00. The number of fused-ring (bicyclic) bond motifs is 1. The molecule has 1 N–H and O–H groups in total. The summed E-state index contributed by atoms with van der Waals surface area (Å²) < 4.78 is 17.8. The van der Waals surface area contributed by atoms with Crippen LogP contribution in [-0.4, -0.2) is 35.9 Å². The van der Waals surface area contributed by atoms with Gasteiger partial charge in [0.25, 0.3) is 0 Å². The average Bonchev–Trinajstić information content (AvgIpc) is 3.17. The second-order valence-corrected chi connectivity index (χ2v) is 7.18. The lowest BCUT2D eigenvalue weighted by Gasteiger charge is -2.27. The van der Waals surface area contributed by atoms with Gasteiger partial charge in [-0.1, -0.05) is 48.5 Å². The summed E-state index contributed by atoms with van der Waals surface area (Å²) in [4.78, 5) is 25.7. The Hall–Kier alpha value is -4.07. The molecular weight excluding hydrogens is 410 g/mol. The maximum atomic E-state index is 12.9. The number of methoxy groups -OCH3 is 2. The lowest BCUT2D eigenvalue weighted by Crippen LogP contribution is -2.33. The summed E-state index contributed by atoms with van der Waals surface area (Å²) in [5, 5.41) is 7.73. The number of carbonyl (C=O) groups excluding carboxylic acids is 2. The highest BCUT2D eigenvalue weighted by molar-refractivity contribution is 6.00. The van der Waals surface area contributed by atoms with Crippen molar-refractivity contribution in [2.45, 2.75) is 19.4 Å². The van der Waals surface area contributed by atoms with E-state index in [4.69, 9.17) is 14.2 Å². The third-order valence-electron chi connectivity index (χ3n) is 5.22. The van der Waals surface area contributed by atoms with Crippen LogP contribution in [0.25, 0.3) is 5.69 Å². The van der Waals surface area contributed by atoms with Crippen molar-refractivity contribution in [3.05, 3.63) is 88.9 Å². The second kappa shape index (κ2) is 8.97. The van der Waals surface area contributed by atoms with Crippen LogP contribution < -0.4 is 10.1 Å². The van der Waals surface area contributed by atoms with Gasteiger partial charge in [-0.2, -0.15) is 5.10 Å². The molecule has 1 atom stereocenters. The summed E-state index contributed by atoms with van der Waals surface area (Å²) in [6.45, 7) is 2.13. The van der Waals surface area contributed by atoms with Gasteiger partial charge in [0, 0.05) is 6.54 Å². The van der Waals surface area contributed by atoms with Crippen LogP contribution in [0.15, 0.2) is 72.1 Å². The number of rotatable bonds is 6. The Kier molecular flexibility index (Phi) is 5.93. The van der Waals surface area contributed by atoms with E-state index in [1.165, 1.54) is 14.2 Å². The van der Waals surface area contributed by atoms with Crippen LogP contribution in [0.3, 0.4) is 0 Å². The number of hydrogen-bond donors (Lipinski definition) is 1. The Morgan fingerprint density at radius 3 is 2.31 bits per heavy atom. The molecule has 1 aromatic heterocycles. The van der Waals surface area contributed by atoms with E-state index in [-0.39, 0.29) is 11.5 Å². The molecule has 0 spiro atoms. The van der Waals surface area contributed by atoms with Crippen LogP contribution in [-0.2, 0) is 25.6 Å². The first-order valence-corrected chi connectivity index (χ1v) is 10.1. The first-order valence-electron chi connectivity index (χ1n) is 10.1. The molecule has 8 heteroatoms. The Morgan fingerprint density at radius 2 is 1.69 bits per heavy atom. The Balaban J connectivity index is 1.85. The maximum absolute atomic E-state index is 12.9. The standard InChI is InChI=1S/C24H23N3O5/c1-15-18-19(23(28)30-2)20(24(29)31-3)21(25-14-16-10-6-4-7-11-16)32-22(18)27(26-15)17-12-8-5-9-13-17/h4-13,19,25H,14H2,1-3H3. The zero-order chi connectivity index (χ0) is 22.7. The summed E-state index contributed by atoms with van der Waals surface area (Å²) in [7, 11) is 2.54. The molecule has 4 rings (SSSR count). The molecule has 0 aliphatic carbocycles. The summed E-state index contributed by atoms with van der Waals surface area (Å²) in [6, 6.07) is 19.0. The van der Waals surface area contributed by atoms with Gasteiger partial charge in [0.2, 0.25) is 11.8 Å². The number of benzene rings is 2. The fourth-order valence-electron chi connectivity index (χ4n) is 3.70. The number of nitrogens with zero attached hydrogens (tertiary/aromatic N) is 2. The van der Waals surface area contributed by atoms with Gasteiger partial charge >= 0.3 is 11.9 Å². The molecule has 0 saturated heterocycles. The van der Waals surface area contributed by atoms with Gasteiger partial charge in [-0.05, 0) is 24.6 Å². The Labute approximate surface area is 185 Å². The molecule has 2 heterocycles. The number of carbonyl (C=O) groups is 2. The topological polar surface area (TPSA) is 91.7 Å². The largest absolute Gasteiger partial charge is 0.468 e. The summed E-state index contributed by atoms with van der Waals surface area (Å²) >= 11 is 0. The maximum Gasteiger partial charge on any atom is 0.340 e. The summed E-state index contributed by atoms with van der Waals surface area (Å²) in [5.41, 5.74) is 2.78. The molecule has 0 radical (unpaired) electrons. The number of aromatic nitrogens is 2. The number of ether oxygens (including phenoxy) is 3. The van der Waals surface area contributed by atoms with Gasteiger partial charge < -0.3 is 19.5 Å². The van der Waals surface area contributed by atoms with Crippen molar-refractivity contribution in [2.75, 3.05) is 14.2 Å². The molecule has 164 valence electrons. The minimum absolute atomic E-state index is 0.0403. The molecule has 32 heavy (non-hydrogen) atoms. The lowest BCUT2D eigenvalue weighted by molar-refractivity contribution is -0.145. The monoisotopic (exact) mass is 433 g/mol. The van der Waals surface area contributed by atoms with E-state index in [1.807, 2.05) is 60.7 Å². The third-order valence-corrected chi connectivity index (χ3v) is 5.22. The predicted molar refractivity (Wildman–Crippen MR) is 116 cm³/mol. The molecule has 3 aromatic rings. The number of esters is 2. The molecule has 0 fully saturated rings. The molecule has 2 aromatic carbocycles. The lowest BCUT2D eigenvalue weighted by atomic mass is 9.89. The Morgan fingerprint density at radius 1 is 1.03 bits per heavy atom. The molecule has 1 aliphatic rings. The van der Waals surface area contributed by atoms with Gasteiger partial charge in [-0.3, -0.25) is 4.79 Å². The van der Waals surface area contributed by atoms with E-state index in [1.54, 1.807) is 11.6 Å². The zero-order valence-corrected chi connectivity index (χ0v) is 18.0. The fourth-order valence-corrected chi connectivity index (χ4v) is 3.70. The molecule has 1 aliphatic heterocycles. The van der Waals surface area contributed by atoms with E-state index in [0.717, 1.165) is 11.3 Å². The first-order chi connectivity index (χ1) is 15.5. The van der Waals surface area contributed by atoms with Crippen molar-refractivity contribution in [3.63, 3.8) is 0 Å². The van der Waals surface area contributed by atoms with Crippen LogP contribution >= 0.6 is 0 Å². The molecule has 1 unspecified atom stereocenters.